The van der Waals surface area contributed by atoms with Crippen LogP contribution in [-0.2, 0) is 4.74 Å². The van der Waals surface area contributed by atoms with E-state index in [-0.39, 0.29) is 0 Å². The first-order valence-corrected chi connectivity index (χ1v) is 5.75. The van der Waals surface area contributed by atoms with Crippen LogP contribution in [0.15, 0.2) is 23.6 Å². The van der Waals surface area contributed by atoms with Crippen molar-refractivity contribution in [1.29, 1.82) is 0 Å². The molecule has 0 heterocycles. The maximum Gasteiger partial charge on any atom is 0.235 e. The molecular weight excluding hydrogens is 205 g/mol. The van der Waals surface area contributed by atoms with Crippen molar-refractivity contribution in [3.8, 4) is 0 Å². The number of halogens is 1. The normalized spacial score (nSPS) is 16.9. The molecule has 0 aromatic rings. The molecule has 0 aliphatic heterocycles. The highest BCUT2D eigenvalue weighted by Crippen LogP contribution is 2.14. The molecule has 0 saturated heterocycles. The van der Waals surface area contributed by atoms with Gasteiger partial charge in [0.15, 0.2) is 0 Å². The molecule has 0 rings (SSSR count). The summed E-state index contributed by atoms with van der Waals surface area (Å²) >= 11 is 0. The monoisotopic (exact) mass is 229 g/mol. The summed E-state index contributed by atoms with van der Waals surface area (Å²) < 4.78 is 18.0. The summed E-state index contributed by atoms with van der Waals surface area (Å²) in [5.74, 6) is 0.996. The summed E-state index contributed by atoms with van der Waals surface area (Å²) in [7, 11) is 3.90. The average molecular weight is 229 g/mol. The molecule has 0 aliphatic rings. The Morgan fingerprint density at radius 3 is 2.31 bits per heavy atom. The molecule has 0 aromatic carbocycles. The molecule has 2 atom stereocenters. The zero-order chi connectivity index (χ0) is 12.7. The average Bonchev–Trinajstić information content (AvgIpc) is 2.16. The van der Waals surface area contributed by atoms with E-state index in [1.807, 2.05) is 38.1 Å². The minimum absolute atomic E-state index is 0.389. The second-order valence-electron chi connectivity index (χ2n) is 4.30. The van der Waals surface area contributed by atoms with Gasteiger partial charge in [-0.25, -0.2) is 4.39 Å². The number of nitrogens with zero attached hydrogens (tertiary/aromatic N) is 1. The number of ether oxygens (including phenoxy) is 1. The Kier molecular flexibility index (Phi) is 6.86. The molecule has 0 N–H and O–H groups in total. The molecule has 0 amide bonds. The third kappa shape index (κ3) is 6.49. The second-order valence-corrected chi connectivity index (χ2v) is 4.30. The third-order valence-electron chi connectivity index (χ3n) is 2.45. The van der Waals surface area contributed by atoms with Crippen molar-refractivity contribution in [1.82, 2.24) is 4.90 Å². The highest BCUT2D eigenvalue weighted by Gasteiger charge is 2.05. The standard InChI is InChI=1S/C13H24FNO/c1-7-10(2)8-13(16-12(4)14)9-11(3)15(5)6/h8-10,12H,7H2,1-6H3/b11-9+,13-8+. The van der Waals surface area contributed by atoms with Crippen LogP contribution in [0.5, 0.6) is 0 Å². The molecule has 0 spiro atoms. The van der Waals surface area contributed by atoms with Crippen molar-refractivity contribution >= 4 is 0 Å². The molecule has 0 radical (unpaired) electrons. The molecule has 2 nitrogen and oxygen atoms in total. The van der Waals surface area contributed by atoms with Gasteiger partial charge in [-0.1, -0.05) is 13.8 Å². The maximum atomic E-state index is 12.9. The van der Waals surface area contributed by atoms with E-state index >= 15 is 0 Å². The Bertz CT molecular complexity index is 257. The Labute approximate surface area is 98.8 Å². The van der Waals surface area contributed by atoms with Crippen LogP contribution in [-0.4, -0.2) is 25.4 Å². The summed E-state index contributed by atoms with van der Waals surface area (Å²) in [5, 5.41) is 0. The van der Waals surface area contributed by atoms with E-state index in [2.05, 4.69) is 13.8 Å². The van der Waals surface area contributed by atoms with E-state index in [4.69, 9.17) is 4.74 Å². The lowest BCUT2D eigenvalue weighted by Crippen LogP contribution is -2.10. The van der Waals surface area contributed by atoms with Crippen LogP contribution in [0.4, 0.5) is 4.39 Å². The molecule has 94 valence electrons. The lowest BCUT2D eigenvalue weighted by atomic mass is 10.1. The van der Waals surface area contributed by atoms with Gasteiger partial charge in [-0.2, -0.15) is 0 Å². The SMILES string of the molecule is CCC(C)/C=C(\C=C(/C)N(C)C)OC(C)F. The van der Waals surface area contributed by atoms with E-state index in [1.165, 1.54) is 6.92 Å². The molecule has 0 aliphatic carbocycles. The Morgan fingerprint density at radius 2 is 1.94 bits per heavy atom. The second kappa shape index (κ2) is 7.31. The molecule has 0 bridgehead atoms. The van der Waals surface area contributed by atoms with Crippen molar-refractivity contribution in [2.75, 3.05) is 14.1 Å². The molecular formula is C13H24FNO. The van der Waals surface area contributed by atoms with Crippen molar-refractivity contribution in [3.63, 3.8) is 0 Å². The fourth-order valence-electron chi connectivity index (χ4n) is 1.04. The van der Waals surface area contributed by atoms with Gasteiger partial charge in [0.2, 0.25) is 6.36 Å². The van der Waals surface area contributed by atoms with Crippen LogP contribution < -0.4 is 0 Å². The van der Waals surface area contributed by atoms with E-state index in [9.17, 15) is 4.39 Å². The number of hydrogen-bond acceptors (Lipinski definition) is 2. The van der Waals surface area contributed by atoms with Gasteiger partial charge in [-0.15, -0.1) is 0 Å². The number of rotatable bonds is 6. The highest BCUT2D eigenvalue weighted by molar-refractivity contribution is 5.17. The van der Waals surface area contributed by atoms with Gasteiger partial charge in [-0.3, -0.25) is 0 Å². The molecule has 2 unspecified atom stereocenters. The molecule has 0 saturated carbocycles. The number of hydrogen-bond donors (Lipinski definition) is 0. The summed E-state index contributed by atoms with van der Waals surface area (Å²) in [5.41, 5.74) is 1.04. The van der Waals surface area contributed by atoms with Crippen LogP contribution in [0.3, 0.4) is 0 Å². The van der Waals surface area contributed by atoms with E-state index < -0.39 is 6.36 Å². The van der Waals surface area contributed by atoms with Crippen LogP contribution >= 0.6 is 0 Å². The number of allylic oxidation sites excluding steroid dienone is 3. The topological polar surface area (TPSA) is 12.5 Å². The zero-order valence-corrected chi connectivity index (χ0v) is 11.2. The highest BCUT2D eigenvalue weighted by atomic mass is 19.1. The smallest absolute Gasteiger partial charge is 0.235 e. The quantitative estimate of drug-likeness (QED) is 0.508. The van der Waals surface area contributed by atoms with Crippen molar-refractivity contribution < 1.29 is 9.13 Å². The Hall–Kier alpha value is -0.990. The maximum absolute atomic E-state index is 12.9. The molecule has 0 aromatic heterocycles. The van der Waals surface area contributed by atoms with Gasteiger partial charge in [0.1, 0.15) is 5.76 Å². The van der Waals surface area contributed by atoms with Crippen LogP contribution in [0.25, 0.3) is 0 Å². The van der Waals surface area contributed by atoms with Gasteiger partial charge < -0.3 is 9.64 Å². The fraction of sp³-hybridized carbons (Fsp3) is 0.692. The summed E-state index contributed by atoms with van der Waals surface area (Å²) in [4.78, 5) is 1.97. The lowest BCUT2D eigenvalue weighted by Gasteiger charge is -2.15. The van der Waals surface area contributed by atoms with Crippen molar-refractivity contribution in [2.24, 2.45) is 5.92 Å². The van der Waals surface area contributed by atoms with Crippen molar-refractivity contribution in [2.45, 2.75) is 40.5 Å². The largest absolute Gasteiger partial charge is 0.461 e. The van der Waals surface area contributed by atoms with Gasteiger partial charge in [0, 0.05) is 26.7 Å². The first-order chi connectivity index (χ1) is 7.36. The van der Waals surface area contributed by atoms with E-state index in [0.717, 1.165) is 12.1 Å². The minimum Gasteiger partial charge on any atom is -0.461 e. The van der Waals surface area contributed by atoms with E-state index in [0.29, 0.717) is 11.7 Å². The third-order valence-corrected chi connectivity index (χ3v) is 2.45. The number of alkyl halides is 1. The van der Waals surface area contributed by atoms with Crippen LogP contribution in [0.1, 0.15) is 34.1 Å². The van der Waals surface area contributed by atoms with Gasteiger partial charge in [0.05, 0.1) is 0 Å². The van der Waals surface area contributed by atoms with Gasteiger partial charge in [0.25, 0.3) is 0 Å². The van der Waals surface area contributed by atoms with Gasteiger partial charge >= 0.3 is 0 Å². The minimum atomic E-state index is -1.28. The first-order valence-electron chi connectivity index (χ1n) is 5.75. The molecule has 0 fully saturated rings. The fourth-order valence-corrected chi connectivity index (χ4v) is 1.04. The summed E-state index contributed by atoms with van der Waals surface area (Å²) in [6.45, 7) is 7.55. The van der Waals surface area contributed by atoms with Gasteiger partial charge in [-0.05, 0) is 31.4 Å². The lowest BCUT2D eigenvalue weighted by molar-refractivity contribution is 0.0271. The Balaban J connectivity index is 4.81. The van der Waals surface area contributed by atoms with E-state index in [1.54, 1.807) is 0 Å². The predicted molar refractivity (Wildman–Crippen MR) is 66.6 cm³/mol. The predicted octanol–water partition coefficient (Wildman–Crippen LogP) is 3.71. The zero-order valence-electron chi connectivity index (χ0n) is 11.2. The molecule has 16 heavy (non-hydrogen) atoms. The first kappa shape index (κ1) is 15.0. The summed E-state index contributed by atoms with van der Waals surface area (Å²) in [6, 6.07) is 0. The van der Waals surface area contributed by atoms with Crippen LogP contribution in [0, 0.1) is 5.92 Å². The Morgan fingerprint density at radius 1 is 1.38 bits per heavy atom. The summed E-state index contributed by atoms with van der Waals surface area (Å²) in [6.07, 6.45) is 3.56. The van der Waals surface area contributed by atoms with Crippen molar-refractivity contribution in [3.05, 3.63) is 23.6 Å². The van der Waals surface area contributed by atoms with Crippen LogP contribution in [0.2, 0.25) is 0 Å². The molecule has 3 heteroatoms.